The summed E-state index contributed by atoms with van der Waals surface area (Å²) in [4.78, 5) is 21.9. The molecule has 0 aliphatic carbocycles. The van der Waals surface area contributed by atoms with E-state index in [0.29, 0.717) is 5.75 Å². The third-order valence-corrected chi connectivity index (χ3v) is 3.46. The van der Waals surface area contributed by atoms with Crippen LogP contribution in [0.4, 0.5) is 5.69 Å². The van der Waals surface area contributed by atoms with Gasteiger partial charge in [-0.15, -0.1) is 0 Å². The second kappa shape index (κ2) is 10.6. The van der Waals surface area contributed by atoms with Crippen molar-refractivity contribution in [3.8, 4) is 23.0 Å². The van der Waals surface area contributed by atoms with Crippen molar-refractivity contribution in [1.29, 1.82) is 0 Å². The number of benzene rings is 2. The number of esters is 1. The van der Waals surface area contributed by atoms with Crippen LogP contribution in [-0.2, 0) is 9.53 Å². The number of non-ortho nitro benzene ring substituents is 1. The van der Waals surface area contributed by atoms with Gasteiger partial charge in [0.25, 0.3) is 5.69 Å². The molecule has 0 aliphatic heterocycles. The quantitative estimate of drug-likeness (QED) is 0.249. The van der Waals surface area contributed by atoms with Crippen LogP contribution in [0.2, 0.25) is 0 Å². The molecule has 0 spiro atoms. The summed E-state index contributed by atoms with van der Waals surface area (Å²) in [6.45, 7) is 1.90. The van der Waals surface area contributed by atoms with Crippen molar-refractivity contribution in [3.63, 3.8) is 0 Å². The average molecular weight is 391 g/mol. The van der Waals surface area contributed by atoms with Crippen molar-refractivity contribution in [1.82, 2.24) is 0 Å². The van der Waals surface area contributed by atoms with E-state index in [1.165, 1.54) is 18.2 Å². The fourth-order valence-corrected chi connectivity index (χ4v) is 2.16. The molecule has 0 aliphatic rings. The predicted octanol–water partition coefficient (Wildman–Crippen LogP) is 3.00. The Morgan fingerprint density at radius 3 is 2.29 bits per heavy atom. The highest BCUT2D eigenvalue weighted by Gasteiger charge is 2.15. The summed E-state index contributed by atoms with van der Waals surface area (Å²) in [5.74, 6) is 1.12. The maximum Gasteiger partial charge on any atom is 0.344 e. The Labute approximate surface area is 161 Å². The van der Waals surface area contributed by atoms with E-state index in [1.54, 1.807) is 38.3 Å². The molecule has 0 heterocycles. The molecule has 0 N–H and O–H groups in total. The third kappa shape index (κ3) is 6.35. The molecule has 0 saturated carbocycles. The standard InChI is InChI=1S/C19H21NO8/c1-3-25-19(21)13-28-18-12-14(20(22)23)4-9-17(18)27-11-10-26-16-7-5-15(24-2)6-8-16/h4-9,12H,3,10-11,13H2,1-2H3. The molecule has 0 unspecified atom stereocenters. The van der Waals surface area contributed by atoms with E-state index in [0.717, 1.165) is 5.75 Å². The molecule has 0 radical (unpaired) electrons. The van der Waals surface area contributed by atoms with E-state index in [2.05, 4.69) is 0 Å². The average Bonchev–Trinajstić information content (AvgIpc) is 2.70. The number of rotatable bonds is 11. The first kappa shape index (κ1) is 20.8. The van der Waals surface area contributed by atoms with Gasteiger partial charge in [0.1, 0.15) is 24.7 Å². The van der Waals surface area contributed by atoms with E-state index < -0.39 is 10.9 Å². The summed E-state index contributed by atoms with van der Waals surface area (Å²) < 4.78 is 26.3. The van der Waals surface area contributed by atoms with Gasteiger partial charge < -0.3 is 23.7 Å². The fourth-order valence-electron chi connectivity index (χ4n) is 2.16. The van der Waals surface area contributed by atoms with Crippen LogP contribution in [0.25, 0.3) is 0 Å². The number of nitro groups is 1. The second-order valence-corrected chi connectivity index (χ2v) is 5.35. The molecule has 28 heavy (non-hydrogen) atoms. The van der Waals surface area contributed by atoms with E-state index in [4.69, 9.17) is 23.7 Å². The Morgan fingerprint density at radius 2 is 1.64 bits per heavy atom. The van der Waals surface area contributed by atoms with E-state index in [-0.39, 0.29) is 43.6 Å². The molecule has 9 nitrogen and oxygen atoms in total. The van der Waals surface area contributed by atoms with Gasteiger partial charge in [-0.25, -0.2) is 4.79 Å². The zero-order valence-electron chi connectivity index (χ0n) is 15.6. The first-order valence-corrected chi connectivity index (χ1v) is 8.50. The number of carbonyl (C=O) groups is 1. The number of hydrogen-bond donors (Lipinski definition) is 0. The number of nitro benzene ring substituents is 1. The van der Waals surface area contributed by atoms with Crippen molar-refractivity contribution in [2.75, 3.05) is 33.5 Å². The van der Waals surface area contributed by atoms with Crippen molar-refractivity contribution in [2.45, 2.75) is 6.92 Å². The lowest BCUT2D eigenvalue weighted by molar-refractivity contribution is -0.385. The molecule has 0 saturated heterocycles. The molecule has 0 atom stereocenters. The van der Waals surface area contributed by atoms with Crippen molar-refractivity contribution in [3.05, 3.63) is 52.6 Å². The highest BCUT2D eigenvalue weighted by atomic mass is 16.6. The molecule has 0 fully saturated rings. The van der Waals surface area contributed by atoms with Gasteiger partial charge in [-0.05, 0) is 37.3 Å². The lowest BCUT2D eigenvalue weighted by atomic mass is 10.3. The molecule has 150 valence electrons. The van der Waals surface area contributed by atoms with Gasteiger partial charge in [-0.1, -0.05) is 0 Å². The normalized spacial score (nSPS) is 10.1. The Balaban J connectivity index is 1.94. The second-order valence-electron chi connectivity index (χ2n) is 5.35. The first-order valence-electron chi connectivity index (χ1n) is 8.50. The maximum absolute atomic E-state index is 11.5. The number of ether oxygens (including phenoxy) is 5. The molecule has 0 aromatic heterocycles. The molecular weight excluding hydrogens is 370 g/mol. The Bertz CT molecular complexity index is 791. The maximum atomic E-state index is 11.5. The predicted molar refractivity (Wildman–Crippen MR) is 99.2 cm³/mol. The van der Waals surface area contributed by atoms with Gasteiger partial charge >= 0.3 is 5.97 Å². The molecule has 9 heteroatoms. The summed E-state index contributed by atoms with van der Waals surface area (Å²) in [6.07, 6.45) is 0. The van der Waals surface area contributed by atoms with Gasteiger partial charge in [-0.3, -0.25) is 10.1 Å². The van der Waals surface area contributed by atoms with Crippen LogP contribution >= 0.6 is 0 Å². The number of carbonyl (C=O) groups excluding carboxylic acids is 1. The van der Waals surface area contributed by atoms with Crippen LogP contribution in [-0.4, -0.2) is 44.4 Å². The third-order valence-electron chi connectivity index (χ3n) is 3.46. The van der Waals surface area contributed by atoms with E-state index >= 15 is 0 Å². The minimum Gasteiger partial charge on any atom is -0.497 e. The molecule has 2 aromatic rings. The molecule has 0 bridgehead atoms. The molecule has 2 rings (SSSR count). The summed E-state index contributed by atoms with van der Waals surface area (Å²) in [5, 5.41) is 11.0. The van der Waals surface area contributed by atoms with Gasteiger partial charge in [0.15, 0.2) is 18.1 Å². The molecule has 2 aromatic carbocycles. The smallest absolute Gasteiger partial charge is 0.344 e. The summed E-state index contributed by atoms with van der Waals surface area (Å²) in [7, 11) is 1.58. The van der Waals surface area contributed by atoms with Crippen molar-refractivity contribution < 1.29 is 33.4 Å². The number of hydrogen-bond acceptors (Lipinski definition) is 8. The highest BCUT2D eigenvalue weighted by molar-refractivity contribution is 5.71. The number of methoxy groups -OCH3 is 1. The fraction of sp³-hybridized carbons (Fsp3) is 0.316. The van der Waals surface area contributed by atoms with Gasteiger partial charge in [-0.2, -0.15) is 0 Å². The molecule has 0 amide bonds. The van der Waals surface area contributed by atoms with Gasteiger partial charge in [0.05, 0.1) is 24.7 Å². The monoisotopic (exact) mass is 391 g/mol. The van der Waals surface area contributed by atoms with Gasteiger partial charge in [0, 0.05) is 6.07 Å². The lowest BCUT2D eigenvalue weighted by Crippen LogP contribution is -2.15. The van der Waals surface area contributed by atoms with Crippen molar-refractivity contribution >= 4 is 11.7 Å². The summed E-state index contributed by atoms with van der Waals surface area (Å²) in [6, 6.07) is 11.0. The number of nitrogens with zero attached hydrogens (tertiary/aromatic N) is 1. The Hall–Kier alpha value is -3.49. The topological polar surface area (TPSA) is 106 Å². The van der Waals surface area contributed by atoms with Crippen LogP contribution in [0.15, 0.2) is 42.5 Å². The van der Waals surface area contributed by atoms with Crippen molar-refractivity contribution in [2.24, 2.45) is 0 Å². The van der Waals surface area contributed by atoms with Crippen LogP contribution in [0, 0.1) is 10.1 Å². The summed E-state index contributed by atoms with van der Waals surface area (Å²) in [5.41, 5.74) is -0.180. The minimum absolute atomic E-state index is 0.0756. The van der Waals surface area contributed by atoms with Gasteiger partial charge in [0.2, 0.25) is 0 Å². The van der Waals surface area contributed by atoms with Crippen LogP contribution in [0.5, 0.6) is 23.0 Å². The highest BCUT2D eigenvalue weighted by Crippen LogP contribution is 2.31. The molecular formula is C19H21NO8. The SMILES string of the molecule is CCOC(=O)COc1cc([N+](=O)[O-])ccc1OCCOc1ccc(OC)cc1. The lowest BCUT2D eigenvalue weighted by Gasteiger charge is -2.13. The van der Waals surface area contributed by atoms with Crippen LogP contribution in [0.1, 0.15) is 6.92 Å². The van der Waals surface area contributed by atoms with Crippen LogP contribution in [0.3, 0.4) is 0 Å². The van der Waals surface area contributed by atoms with Crippen LogP contribution < -0.4 is 18.9 Å². The Morgan fingerprint density at radius 1 is 0.964 bits per heavy atom. The summed E-state index contributed by atoms with van der Waals surface area (Å²) >= 11 is 0. The minimum atomic E-state index is -0.581. The largest absolute Gasteiger partial charge is 0.497 e. The van der Waals surface area contributed by atoms with E-state index in [1.807, 2.05) is 0 Å². The first-order chi connectivity index (χ1) is 13.5. The Kier molecular flexibility index (Phi) is 7.89. The zero-order chi connectivity index (χ0) is 20.4. The zero-order valence-corrected chi connectivity index (χ0v) is 15.6. The van der Waals surface area contributed by atoms with E-state index in [9.17, 15) is 14.9 Å².